The molecule has 0 saturated heterocycles. The van der Waals surface area contributed by atoms with Crippen LogP contribution in [0.15, 0.2) is 62.1 Å². The van der Waals surface area contributed by atoms with E-state index in [1.165, 1.54) is 35.2 Å². The highest BCUT2D eigenvalue weighted by Crippen LogP contribution is 2.38. The Balaban J connectivity index is 1.80. The molecule has 1 aromatic carbocycles. The molecule has 0 saturated carbocycles. The number of benzene rings is 1. The largest absolute Gasteiger partial charge is 0.480 e. The number of rotatable bonds is 10. The number of aliphatic carboxylic acids is 1. The average molecular weight is 536 g/mol. The molecule has 0 radical (unpaired) electrons. The number of nitrogens with one attached hydrogen (secondary N) is 2. The molecule has 1 atom stereocenters. The number of carboxylic acids is 1. The lowest BCUT2D eigenvalue weighted by Gasteiger charge is -2.22. The number of nitrogens with two attached hydrogens (primary N) is 1. The van der Waals surface area contributed by atoms with Crippen molar-refractivity contribution in [3.63, 3.8) is 0 Å². The van der Waals surface area contributed by atoms with Crippen molar-refractivity contribution in [1.82, 2.24) is 5.32 Å². The highest BCUT2D eigenvalue weighted by atomic mass is 32.2. The standard InChI is InChI=1S/C23H25N3O6S3/c1-13-8-15(26-20(27)11-32-12-21(28)29)6-7-17(13)14-4-3-5-16(9-14)35(30,31)19-10-18(22(24)25)34-23(19)33-2/h3-5,7-10,15H,6,11-12H2,1-2H3,(H3,24,25)(H,26,27)(H,28,29). The van der Waals surface area contributed by atoms with Crippen molar-refractivity contribution in [1.29, 1.82) is 5.41 Å². The van der Waals surface area contributed by atoms with Crippen molar-refractivity contribution in [2.75, 3.05) is 19.5 Å². The van der Waals surface area contributed by atoms with Gasteiger partial charge in [0.15, 0.2) is 0 Å². The monoisotopic (exact) mass is 535 g/mol. The van der Waals surface area contributed by atoms with Crippen LogP contribution in [-0.4, -0.2) is 56.7 Å². The Kier molecular flexibility index (Phi) is 8.54. The number of ether oxygens (including phenoxy) is 1. The SMILES string of the molecule is CSc1sc(C(=N)N)cc1S(=O)(=O)c1cccc(C2=CCC(NC(=O)COCC(=O)O)C=C2C)c1. The van der Waals surface area contributed by atoms with Crippen molar-refractivity contribution < 1.29 is 27.9 Å². The third-order valence-electron chi connectivity index (χ3n) is 5.12. The van der Waals surface area contributed by atoms with Crippen LogP contribution in [0.5, 0.6) is 0 Å². The summed E-state index contributed by atoms with van der Waals surface area (Å²) >= 11 is 2.47. The summed E-state index contributed by atoms with van der Waals surface area (Å²) in [7, 11) is -3.84. The van der Waals surface area contributed by atoms with E-state index in [0.29, 0.717) is 15.5 Å². The van der Waals surface area contributed by atoms with Gasteiger partial charge in [-0.1, -0.05) is 24.3 Å². The van der Waals surface area contributed by atoms with Crippen LogP contribution >= 0.6 is 23.1 Å². The van der Waals surface area contributed by atoms with Crippen LogP contribution in [0.25, 0.3) is 5.57 Å². The fourth-order valence-electron chi connectivity index (χ4n) is 3.57. The van der Waals surface area contributed by atoms with Gasteiger partial charge in [-0.15, -0.1) is 23.1 Å². The van der Waals surface area contributed by atoms with E-state index in [1.54, 1.807) is 18.4 Å². The number of thioether (sulfide) groups is 1. The van der Waals surface area contributed by atoms with Crippen molar-refractivity contribution in [2.24, 2.45) is 5.73 Å². The van der Waals surface area contributed by atoms with Gasteiger partial charge in [-0.05, 0) is 54.5 Å². The lowest BCUT2D eigenvalue weighted by molar-refractivity contribution is -0.143. The molecule has 1 aliphatic rings. The molecule has 12 heteroatoms. The molecular formula is C23H25N3O6S3. The van der Waals surface area contributed by atoms with Crippen LogP contribution < -0.4 is 11.1 Å². The molecule has 0 aliphatic heterocycles. The molecule has 0 spiro atoms. The van der Waals surface area contributed by atoms with Crippen LogP contribution in [0.1, 0.15) is 23.8 Å². The lowest BCUT2D eigenvalue weighted by Crippen LogP contribution is -2.37. The third kappa shape index (κ3) is 6.40. The first-order valence-corrected chi connectivity index (χ1v) is 13.9. The Morgan fingerprint density at radius 1 is 1.31 bits per heavy atom. The molecule has 1 unspecified atom stereocenters. The Bertz CT molecular complexity index is 1330. The fraction of sp³-hybridized carbons (Fsp3) is 0.261. The van der Waals surface area contributed by atoms with E-state index >= 15 is 0 Å². The number of carbonyl (C=O) groups excluding carboxylic acids is 1. The zero-order valence-corrected chi connectivity index (χ0v) is 21.5. The van der Waals surface area contributed by atoms with Crippen molar-refractivity contribution in [3.8, 4) is 0 Å². The minimum Gasteiger partial charge on any atom is -0.480 e. The molecule has 1 amide bonds. The summed E-state index contributed by atoms with van der Waals surface area (Å²) in [4.78, 5) is 23.1. The van der Waals surface area contributed by atoms with E-state index in [0.717, 1.165) is 16.7 Å². The van der Waals surface area contributed by atoms with E-state index in [9.17, 15) is 18.0 Å². The van der Waals surface area contributed by atoms with Gasteiger partial charge < -0.3 is 20.9 Å². The van der Waals surface area contributed by atoms with E-state index in [1.807, 2.05) is 25.1 Å². The van der Waals surface area contributed by atoms with E-state index in [4.69, 9.17) is 21.0 Å². The van der Waals surface area contributed by atoms with Gasteiger partial charge in [0.25, 0.3) is 0 Å². The third-order valence-corrected chi connectivity index (χ3v) is 9.46. The Morgan fingerprint density at radius 3 is 2.69 bits per heavy atom. The number of thiophene rings is 1. The van der Waals surface area contributed by atoms with Gasteiger partial charge in [0.05, 0.1) is 24.9 Å². The second kappa shape index (κ2) is 11.2. The Morgan fingerprint density at radius 2 is 2.06 bits per heavy atom. The molecule has 5 N–H and O–H groups in total. The van der Waals surface area contributed by atoms with Crippen LogP contribution in [0.2, 0.25) is 0 Å². The first-order chi connectivity index (χ1) is 16.5. The summed E-state index contributed by atoms with van der Waals surface area (Å²) in [6.45, 7) is 0.977. The predicted octanol–water partition coefficient (Wildman–Crippen LogP) is 2.91. The maximum Gasteiger partial charge on any atom is 0.329 e. The first-order valence-electron chi connectivity index (χ1n) is 10.4. The number of allylic oxidation sites excluding steroid dienone is 2. The van der Waals surface area contributed by atoms with Gasteiger partial charge in [0, 0.05) is 0 Å². The molecule has 0 bridgehead atoms. The van der Waals surface area contributed by atoms with Gasteiger partial charge >= 0.3 is 5.97 Å². The number of sulfone groups is 1. The highest BCUT2D eigenvalue weighted by molar-refractivity contribution is 8.01. The van der Waals surface area contributed by atoms with E-state index < -0.39 is 28.3 Å². The molecule has 0 fully saturated rings. The Labute approximate surface area is 211 Å². The molecule has 9 nitrogen and oxygen atoms in total. The smallest absolute Gasteiger partial charge is 0.329 e. The van der Waals surface area contributed by atoms with E-state index in [-0.39, 0.29) is 28.3 Å². The molecular weight excluding hydrogens is 510 g/mol. The van der Waals surface area contributed by atoms with Gasteiger partial charge in [-0.2, -0.15) is 0 Å². The number of carboxylic acid groups (broad SMARTS) is 1. The minimum absolute atomic E-state index is 0.134. The maximum absolute atomic E-state index is 13.4. The van der Waals surface area contributed by atoms with Crippen LogP contribution in [-0.2, 0) is 24.2 Å². The molecule has 35 heavy (non-hydrogen) atoms. The maximum atomic E-state index is 13.4. The molecule has 1 heterocycles. The first kappa shape index (κ1) is 26.7. The topological polar surface area (TPSA) is 160 Å². The van der Waals surface area contributed by atoms with Crippen molar-refractivity contribution in [3.05, 3.63) is 58.5 Å². The number of hydrogen-bond donors (Lipinski definition) is 4. The summed E-state index contributed by atoms with van der Waals surface area (Å²) in [6, 6.07) is 7.82. The molecule has 1 aromatic heterocycles. The van der Waals surface area contributed by atoms with Crippen LogP contribution in [0.4, 0.5) is 0 Å². The number of nitrogen functional groups attached to an aromatic ring is 1. The van der Waals surface area contributed by atoms with Gasteiger partial charge in [0.2, 0.25) is 15.7 Å². The Hall–Kier alpha value is -2.93. The minimum atomic E-state index is -3.84. The van der Waals surface area contributed by atoms with Gasteiger partial charge in [0.1, 0.15) is 19.0 Å². The molecule has 186 valence electrons. The second-order valence-electron chi connectivity index (χ2n) is 7.68. The van der Waals surface area contributed by atoms with Crippen LogP contribution in [0, 0.1) is 5.41 Å². The predicted molar refractivity (Wildman–Crippen MR) is 136 cm³/mol. The zero-order valence-electron chi connectivity index (χ0n) is 19.0. The fourth-order valence-corrected chi connectivity index (χ4v) is 7.47. The summed E-state index contributed by atoms with van der Waals surface area (Å²) in [5.41, 5.74) is 8.01. The summed E-state index contributed by atoms with van der Waals surface area (Å²) in [5.74, 6) is -1.75. The number of amidine groups is 1. The van der Waals surface area contributed by atoms with Gasteiger partial charge in [-0.25, -0.2) is 13.2 Å². The lowest BCUT2D eigenvalue weighted by atomic mass is 9.91. The van der Waals surface area contributed by atoms with Crippen molar-refractivity contribution >= 4 is 56.2 Å². The highest BCUT2D eigenvalue weighted by Gasteiger charge is 2.26. The average Bonchev–Trinajstić information content (AvgIpc) is 3.25. The molecule has 1 aliphatic carbocycles. The number of hydrogen-bond acceptors (Lipinski definition) is 8. The van der Waals surface area contributed by atoms with E-state index in [2.05, 4.69) is 5.32 Å². The molecule has 3 rings (SSSR count). The number of amides is 1. The van der Waals surface area contributed by atoms with Crippen LogP contribution in [0.3, 0.4) is 0 Å². The normalized spacial score (nSPS) is 15.8. The zero-order chi connectivity index (χ0) is 25.8. The van der Waals surface area contributed by atoms with Gasteiger partial charge in [-0.3, -0.25) is 10.2 Å². The molecule has 2 aromatic rings. The summed E-state index contributed by atoms with van der Waals surface area (Å²) in [6.07, 6.45) is 6.06. The second-order valence-corrected chi connectivity index (χ2v) is 11.7. The summed E-state index contributed by atoms with van der Waals surface area (Å²) in [5, 5.41) is 19.0. The van der Waals surface area contributed by atoms with Crippen molar-refractivity contribution in [2.45, 2.75) is 33.4 Å². The quantitative estimate of drug-likeness (QED) is 0.205. The number of carbonyl (C=O) groups is 2. The summed E-state index contributed by atoms with van der Waals surface area (Å²) < 4.78 is 32.2.